The lowest BCUT2D eigenvalue weighted by Crippen LogP contribution is -2.57. The Kier molecular flexibility index (Phi) is 6.00. The molecule has 0 radical (unpaired) electrons. The summed E-state index contributed by atoms with van der Waals surface area (Å²) in [6, 6.07) is 18.5. The van der Waals surface area contributed by atoms with Gasteiger partial charge in [0.15, 0.2) is 5.82 Å². The Morgan fingerprint density at radius 3 is 2.79 bits per heavy atom. The second-order valence-corrected chi connectivity index (χ2v) is 8.63. The molecular formula is C25H24ClN7O. The summed E-state index contributed by atoms with van der Waals surface area (Å²) in [5.41, 5.74) is 10.6. The maximum atomic E-state index is 13.3. The second-order valence-electron chi connectivity index (χ2n) is 8.22. The summed E-state index contributed by atoms with van der Waals surface area (Å²) in [4.78, 5) is 29.0. The molecule has 1 atom stereocenters. The van der Waals surface area contributed by atoms with Crippen molar-refractivity contribution in [3.8, 4) is 11.3 Å². The SMILES string of the molecule is Cc1cccc(NC(=O)C2CNCCN2c2nc(N)nc3ccc(-c4ccccc4Cl)nc23)c1. The summed E-state index contributed by atoms with van der Waals surface area (Å²) in [7, 11) is 0. The molecule has 0 spiro atoms. The molecule has 4 N–H and O–H groups in total. The number of nitrogen functional groups attached to an aromatic ring is 1. The van der Waals surface area contributed by atoms with Crippen molar-refractivity contribution in [1.29, 1.82) is 0 Å². The molecule has 2 aromatic heterocycles. The summed E-state index contributed by atoms with van der Waals surface area (Å²) < 4.78 is 0. The average molecular weight is 474 g/mol. The lowest BCUT2D eigenvalue weighted by atomic mass is 10.1. The molecule has 0 bridgehead atoms. The lowest BCUT2D eigenvalue weighted by Gasteiger charge is -2.36. The van der Waals surface area contributed by atoms with Crippen LogP contribution in [-0.2, 0) is 4.79 Å². The minimum atomic E-state index is -0.502. The van der Waals surface area contributed by atoms with Crippen LogP contribution >= 0.6 is 11.6 Å². The lowest BCUT2D eigenvalue weighted by molar-refractivity contribution is -0.117. The standard InChI is InChI=1S/C25H24ClN7O/c1-15-5-4-6-16(13-15)29-24(34)21-14-28-11-12-33(21)23-22-20(31-25(27)32-23)10-9-19(30-22)17-7-2-3-8-18(17)26/h2-10,13,21,28H,11-12,14H2,1H3,(H,29,34)(H2,27,31,32). The highest BCUT2D eigenvalue weighted by atomic mass is 35.5. The number of carbonyl (C=O) groups is 1. The van der Waals surface area contributed by atoms with Crippen LogP contribution in [0.2, 0.25) is 5.02 Å². The Morgan fingerprint density at radius 1 is 1.12 bits per heavy atom. The third-order valence-electron chi connectivity index (χ3n) is 5.79. The van der Waals surface area contributed by atoms with Gasteiger partial charge in [-0.15, -0.1) is 0 Å². The molecule has 1 fully saturated rings. The summed E-state index contributed by atoms with van der Waals surface area (Å²) in [5.74, 6) is 0.527. The molecule has 1 saturated heterocycles. The number of nitrogens with one attached hydrogen (secondary N) is 2. The predicted octanol–water partition coefficient (Wildman–Crippen LogP) is 3.65. The van der Waals surface area contributed by atoms with Crippen molar-refractivity contribution >= 4 is 46.0 Å². The summed E-state index contributed by atoms with van der Waals surface area (Å²) in [6.45, 7) is 3.72. The molecule has 0 saturated carbocycles. The predicted molar refractivity (Wildman–Crippen MR) is 136 cm³/mol. The highest BCUT2D eigenvalue weighted by molar-refractivity contribution is 6.33. The highest BCUT2D eigenvalue weighted by Gasteiger charge is 2.32. The van der Waals surface area contributed by atoms with Gasteiger partial charge in [0.05, 0.1) is 11.2 Å². The average Bonchev–Trinajstić information content (AvgIpc) is 2.83. The fraction of sp³-hybridized carbons (Fsp3) is 0.200. The van der Waals surface area contributed by atoms with Gasteiger partial charge in [-0.3, -0.25) is 4.79 Å². The van der Waals surface area contributed by atoms with Crippen LogP contribution < -0.4 is 21.3 Å². The van der Waals surface area contributed by atoms with E-state index in [0.29, 0.717) is 47.2 Å². The zero-order chi connectivity index (χ0) is 23.7. The number of fused-ring (bicyclic) bond motifs is 1. The van der Waals surface area contributed by atoms with Gasteiger partial charge in [-0.2, -0.15) is 4.98 Å². The molecular weight excluding hydrogens is 450 g/mol. The molecule has 0 aliphatic carbocycles. The van der Waals surface area contributed by atoms with Gasteiger partial charge in [-0.05, 0) is 42.8 Å². The van der Waals surface area contributed by atoms with E-state index in [9.17, 15) is 4.79 Å². The smallest absolute Gasteiger partial charge is 0.248 e. The third kappa shape index (κ3) is 4.37. The van der Waals surface area contributed by atoms with Crippen LogP contribution in [0.4, 0.5) is 17.5 Å². The van der Waals surface area contributed by atoms with E-state index in [4.69, 9.17) is 22.3 Å². The molecule has 34 heavy (non-hydrogen) atoms. The zero-order valence-corrected chi connectivity index (χ0v) is 19.4. The Balaban J connectivity index is 1.56. The van der Waals surface area contributed by atoms with Gasteiger partial charge in [0.1, 0.15) is 11.6 Å². The number of amides is 1. The number of aromatic nitrogens is 3. The van der Waals surface area contributed by atoms with E-state index >= 15 is 0 Å². The van der Waals surface area contributed by atoms with Gasteiger partial charge in [0.2, 0.25) is 11.9 Å². The molecule has 1 unspecified atom stereocenters. The molecule has 3 heterocycles. The Bertz CT molecular complexity index is 1380. The number of nitrogens with zero attached hydrogens (tertiary/aromatic N) is 4. The Hall–Kier alpha value is -3.75. The van der Waals surface area contributed by atoms with Gasteiger partial charge >= 0.3 is 0 Å². The van der Waals surface area contributed by atoms with E-state index in [2.05, 4.69) is 20.6 Å². The largest absolute Gasteiger partial charge is 0.368 e. The second kappa shape index (κ2) is 9.24. The molecule has 2 aromatic carbocycles. The van der Waals surface area contributed by atoms with Gasteiger partial charge in [-0.25, -0.2) is 9.97 Å². The van der Waals surface area contributed by atoms with Crippen LogP contribution in [0.25, 0.3) is 22.3 Å². The first kappa shape index (κ1) is 22.1. The number of anilines is 3. The minimum Gasteiger partial charge on any atom is -0.368 e. The molecule has 1 aliphatic heterocycles. The monoisotopic (exact) mass is 473 g/mol. The first-order valence-corrected chi connectivity index (χ1v) is 11.4. The maximum Gasteiger partial charge on any atom is 0.248 e. The van der Waals surface area contributed by atoms with E-state index in [1.54, 1.807) is 0 Å². The van der Waals surface area contributed by atoms with Crippen LogP contribution in [0, 0.1) is 6.92 Å². The van der Waals surface area contributed by atoms with Crippen molar-refractivity contribution in [1.82, 2.24) is 20.3 Å². The van der Waals surface area contributed by atoms with Gasteiger partial charge in [0, 0.05) is 35.9 Å². The molecule has 1 amide bonds. The fourth-order valence-corrected chi connectivity index (χ4v) is 4.41. The van der Waals surface area contributed by atoms with Gasteiger partial charge < -0.3 is 21.3 Å². The number of nitrogens with two attached hydrogens (primary N) is 1. The molecule has 1 aliphatic rings. The van der Waals surface area contributed by atoms with Crippen molar-refractivity contribution in [3.05, 3.63) is 71.2 Å². The van der Waals surface area contributed by atoms with Crippen molar-refractivity contribution in [3.63, 3.8) is 0 Å². The normalized spacial score (nSPS) is 15.9. The molecule has 172 valence electrons. The minimum absolute atomic E-state index is 0.131. The third-order valence-corrected chi connectivity index (χ3v) is 6.12. The van der Waals surface area contributed by atoms with Crippen molar-refractivity contribution < 1.29 is 4.79 Å². The molecule has 5 rings (SSSR count). The van der Waals surface area contributed by atoms with Gasteiger partial charge in [0.25, 0.3) is 0 Å². The van der Waals surface area contributed by atoms with E-state index in [-0.39, 0.29) is 11.9 Å². The number of hydrogen-bond acceptors (Lipinski definition) is 7. The number of rotatable bonds is 4. The van der Waals surface area contributed by atoms with Crippen molar-refractivity contribution in [2.45, 2.75) is 13.0 Å². The summed E-state index contributed by atoms with van der Waals surface area (Å²) in [5, 5.41) is 6.93. The number of benzene rings is 2. The first-order valence-electron chi connectivity index (χ1n) is 11.0. The van der Waals surface area contributed by atoms with Crippen LogP contribution in [-0.4, -0.2) is 46.5 Å². The quantitative estimate of drug-likeness (QED) is 0.415. The maximum absolute atomic E-state index is 13.3. The fourth-order valence-electron chi connectivity index (χ4n) is 4.18. The van der Waals surface area contributed by atoms with Gasteiger partial charge in [-0.1, -0.05) is 41.9 Å². The van der Waals surface area contributed by atoms with Crippen molar-refractivity contribution in [2.75, 3.05) is 35.6 Å². The summed E-state index contributed by atoms with van der Waals surface area (Å²) >= 11 is 6.41. The van der Waals surface area contributed by atoms with Crippen molar-refractivity contribution in [2.24, 2.45) is 0 Å². The van der Waals surface area contributed by atoms with E-state index in [1.807, 2.05) is 72.5 Å². The number of piperazine rings is 1. The molecule has 9 heteroatoms. The summed E-state index contributed by atoms with van der Waals surface area (Å²) in [6.07, 6.45) is 0. The zero-order valence-electron chi connectivity index (χ0n) is 18.6. The molecule has 8 nitrogen and oxygen atoms in total. The number of halogens is 1. The first-order chi connectivity index (χ1) is 16.5. The van der Waals surface area contributed by atoms with E-state index in [0.717, 1.165) is 16.8 Å². The number of carbonyl (C=O) groups excluding carboxylic acids is 1. The number of aryl methyl sites for hydroxylation is 1. The Labute approximate surface area is 202 Å². The van der Waals surface area contributed by atoms with Crippen LogP contribution in [0.15, 0.2) is 60.7 Å². The molecule has 4 aromatic rings. The van der Waals surface area contributed by atoms with Crippen LogP contribution in [0.5, 0.6) is 0 Å². The van der Waals surface area contributed by atoms with E-state index in [1.165, 1.54) is 0 Å². The van der Waals surface area contributed by atoms with Crippen LogP contribution in [0.3, 0.4) is 0 Å². The Morgan fingerprint density at radius 2 is 1.97 bits per heavy atom. The van der Waals surface area contributed by atoms with E-state index < -0.39 is 6.04 Å². The van der Waals surface area contributed by atoms with Crippen LogP contribution in [0.1, 0.15) is 5.56 Å². The number of hydrogen-bond donors (Lipinski definition) is 3. The topological polar surface area (TPSA) is 109 Å². The highest BCUT2D eigenvalue weighted by Crippen LogP contribution is 2.31. The number of pyridine rings is 1.